The summed E-state index contributed by atoms with van der Waals surface area (Å²) in [6.07, 6.45) is 2.14. The molecular formula is C29H27Cl3. The van der Waals surface area contributed by atoms with E-state index < -0.39 is 0 Å². The van der Waals surface area contributed by atoms with E-state index in [2.05, 4.69) is 75.4 Å². The summed E-state index contributed by atoms with van der Waals surface area (Å²) in [5, 5.41) is 1.99. The van der Waals surface area contributed by atoms with Gasteiger partial charge in [0, 0.05) is 5.02 Å². The van der Waals surface area contributed by atoms with Crippen LogP contribution in [-0.2, 0) is 12.8 Å². The van der Waals surface area contributed by atoms with Gasteiger partial charge in [0.25, 0.3) is 0 Å². The van der Waals surface area contributed by atoms with Crippen molar-refractivity contribution in [3.05, 3.63) is 117 Å². The van der Waals surface area contributed by atoms with Crippen LogP contribution in [0.15, 0.2) is 84.9 Å². The highest BCUT2D eigenvalue weighted by molar-refractivity contribution is 6.42. The first kappa shape index (κ1) is 24.4. The number of hydrogen-bond donors (Lipinski definition) is 0. The van der Waals surface area contributed by atoms with Crippen LogP contribution in [-0.4, -0.2) is 0 Å². The molecular weight excluding hydrogens is 455 g/mol. The second kappa shape index (κ2) is 11.6. The van der Waals surface area contributed by atoms with Gasteiger partial charge < -0.3 is 0 Å². The van der Waals surface area contributed by atoms with Crippen molar-refractivity contribution in [2.24, 2.45) is 0 Å². The van der Waals surface area contributed by atoms with Crippen molar-refractivity contribution >= 4 is 34.8 Å². The monoisotopic (exact) mass is 480 g/mol. The fraction of sp³-hybridized carbons (Fsp3) is 0.172. The lowest BCUT2D eigenvalue weighted by molar-refractivity contribution is 1.14. The van der Waals surface area contributed by atoms with E-state index in [1.165, 1.54) is 27.8 Å². The standard InChI is InChI=1S/C15H15Cl.C14H12Cl2/c1-3-12-4-6-13(7-5-12)14-8-11(2)9-15(16)10-14;1-2-10-3-5-11(6-4-10)12-7-8-13(15)14(16)9-12/h4-10H,3H2,1-2H3;3-9H,2H2,1H3. The Balaban J connectivity index is 0.000000181. The van der Waals surface area contributed by atoms with Gasteiger partial charge in [0.1, 0.15) is 0 Å². The van der Waals surface area contributed by atoms with Gasteiger partial charge in [-0.05, 0) is 83.0 Å². The Morgan fingerprint density at radius 1 is 0.500 bits per heavy atom. The van der Waals surface area contributed by atoms with Gasteiger partial charge in [0.2, 0.25) is 0 Å². The van der Waals surface area contributed by atoms with Crippen molar-refractivity contribution in [1.82, 2.24) is 0 Å². The largest absolute Gasteiger partial charge is 0.0843 e. The van der Waals surface area contributed by atoms with E-state index in [-0.39, 0.29) is 0 Å². The molecule has 4 rings (SSSR count). The highest BCUT2D eigenvalue weighted by Gasteiger charge is 2.02. The lowest BCUT2D eigenvalue weighted by Gasteiger charge is -2.05. The highest BCUT2D eigenvalue weighted by atomic mass is 35.5. The summed E-state index contributed by atoms with van der Waals surface area (Å²) in [6, 6.07) is 29.0. The summed E-state index contributed by atoms with van der Waals surface area (Å²) in [5.74, 6) is 0. The van der Waals surface area contributed by atoms with E-state index in [0.717, 1.165) is 29.0 Å². The van der Waals surface area contributed by atoms with Crippen LogP contribution in [0.3, 0.4) is 0 Å². The summed E-state index contributed by atoms with van der Waals surface area (Å²) < 4.78 is 0. The SMILES string of the molecule is CCc1ccc(-c2cc(C)cc(Cl)c2)cc1.CCc1ccc(-c2ccc(Cl)c(Cl)c2)cc1. The Labute approximate surface area is 206 Å². The lowest BCUT2D eigenvalue weighted by Crippen LogP contribution is -1.83. The summed E-state index contributed by atoms with van der Waals surface area (Å²) in [5.41, 5.74) is 8.57. The van der Waals surface area contributed by atoms with E-state index >= 15 is 0 Å². The molecule has 0 bridgehead atoms. The maximum absolute atomic E-state index is 6.06. The first-order valence-electron chi connectivity index (χ1n) is 10.8. The minimum atomic E-state index is 0.593. The zero-order valence-electron chi connectivity index (χ0n) is 18.6. The average molecular weight is 482 g/mol. The molecule has 0 spiro atoms. The van der Waals surface area contributed by atoms with Gasteiger partial charge in [-0.15, -0.1) is 0 Å². The number of benzene rings is 4. The molecule has 4 aromatic rings. The second-order valence-electron chi connectivity index (χ2n) is 7.75. The summed E-state index contributed by atoms with van der Waals surface area (Å²) >= 11 is 17.9. The van der Waals surface area contributed by atoms with Gasteiger partial charge in [-0.25, -0.2) is 0 Å². The smallest absolute Gasteiger partial charge is 0.0598 e. The predicted octanol–water partition coefficient (Wildman–Crippen LogP) is 10.1. The van der Waals surface area contributed by atoms with Crippen molar-refractivity contribution < 1.29 is 0 Å². The summed E-state index contributed by atoms with van der Waals surface area (Å²) in [4.78, 5) is 0. The van der Waals surface area contributed by atoms with Gasteiger partial charge in [-0.3, -0.25) is 0 Å². The topological polar surface area (TPSA) is 0 Å². The molecule has 0 amide bonds. The number of halogens is 3. The molecule has 0 aromatic heterocycles. The van der Waals surface area contributed by atoms with Crippen molar-refractivity contribution in [2.45, 2.75) is 33.6 Å². The predicted molar refractivity (Wildman–Crippen MR) is 142 cm³/mol. The maximum Gasteiger partial charge on any atom is 0.0598 e. The van der Waals surface area contributed by atoms with E-state index in [1.807, 2.05) is 30.3 Å². The van der Waals surface area contributed by atoms with Crippen molar-refractivity contribution in [1.29, 1.82) is 0 Å². The average Bonchev–Trinajstić information content (AvgIpc) is 2.81. The number of hydrogen-bond acceptors (Lipinski definition) is 0. The summed E-state index contributed by atoms with van der Waals surface area (Å²) in [6.45, 7) is 6.38. The quantitative estimate of drug-likeness (QED) is 0.272. The molecule has 4 aromatic carbocycles. The van der Waals surface area contributed by atoms with E-state index in [9.17, 15) is 0 Å². The Kier molecular flexibility index (Phi) is 8.82. The van der Waals surface area contributed by atoms with Crippen molar-refractivity contribution in [2.75, 3.05) is 0 Å². The minimum absolute atomic E-state index is 0.593. The van der Waals surface area contributed by atoms with Crippen LogP contribution in [0, 0.1) is 6.92 Å². The fourth-order valence-electron chi connectivity index (χ4n) is 3.44. The van der Waals surface area contributed by atoms with E-state index in [1.54, 1.807) is 0 Å². The van der Waals surface area contributed by atoms with Crippen LogP contribution < -0.4 is 0 Å². The van der Waals surface area contributed by atoms with Crippen molar-refractivity contribution in [3.63, 3.8) is 0 Å². The molecule has 0 aliphatic rings. The van der Waals surface area contributed by atoms with Crippen LogP contribution in [0.2, 0.25) is 15.1 Å². The van der Waals surface area contributed by atoms with Crippen LogP contribution in [0.4, 0.5) is 0 Å². The second-order valence-corrected chi connectivity index (χ2v) is 9.00. The Morgan fingerprint density at radius 2 is 1.00 bits per heavy atom. The molecule has 0 fully saturated rings. The zero-order valence-corrected chi connectivity index (χ0v) is 20.9. The molecule has 0 saturated carbocycles. The van der Waals surface area contributed by atoms with Crippen LogP contribution in [0.1, 0.15) is 30.5 Å². The Morgan fingerprint density at radius 3 is 1.47 bits per heavy atom. The van der Waals surface area contributed by atoms with Gasteiger partial charge in [0.05, 0.1) is 10.0 Å². The Bertz CT molecular complexity index is 1140. The molecule has 0 aliphatic carbocycles. The van der Waals surface area contributed by atoms with Gasteiger partial charge in [-0.2, -0.15) is 0 Å². The van der Waals surface area contributed by atoms with Gasteiger partial charge >= 0.3 is 0 Å². The highest BCUT2D eigenvalue weighted by Crippen LogP contribution is 2.28. The van der Waals surface area contributed by atoms with E-state index in [0.29, 0.717) is 10.0 Å². The number of rotatable bonds is 4. The van der Waals surface area contributed by atoms with Crippen LogP contribution in [0.5, 0.6) is 0 Å². The molecule has 0 unspecified atom stereocenters. The van der Waals surface area contributed by atoms with Crippen molar-refractivity contribution in [3.8, 4) is 22.3 Å². The molecule has 0 N–H and O–H groups in total. The third-order valence-corrected chi connectivity index (χ3v) is 6.31. The first-order chi connectivity index (χ1) is 15.4. The van der Waals surface area contributed by atoms with Crippen LogP contribution >= 0.6 is 34.8 Å². The van der Waals surface area contributed by atoms with Gasteiger partial charge in [-0.1, -0.05) is 109 Å². The maximum atomic E-state index is 6.06. The minimum Gasteiger partial charge on any atom is -0.0843 e. The Hall–Kier alpha value is -2.25. The molecule has 0 nitrogen and oxygen atoms in total. The summed E-state index contributed by atoms with van der Waals surface area (Å²) in [7, 11) is 0. The van der Waals surface area contributed by atoms with Crippen LogP contribution in [0.25, 0.3) is 22.3 Å². The third-order valence-electron chi connectivity index (χ3n) is 5.35. The molecule has 3 heteroatoms. The number of aryl methyl sites for hydroxylation is 3. The molecule has 0 heterocycles. The van der Waals surface area contributed by atoms with Gasteiger partial charge in [0.15, 0.2) is 0 Å². The lowest BCUT2D eigenvalue weighted by atomic mass is 10.0. The van der Waals surface area contributed by atoms with E-state index in [4.69, 9.17) is 34.8 Å². The molecule has 0 radical (unpaired) electrons. The molecule has 0 saturated heterocycles. The first-order valence-corrected chi connectivity index (χ1v) is 11.9. The molecule has 0 atom stereocenters. The molecule has 32 heavy (non-hydrogen) atoms. The normalized spacial score (nSPS) is 10.4. The third kappa shape index (κ3) is 6.62. The molecule has 0 aliphatic heterocycles. The zero-order chi connectivity index (χ0) is 23.1. The fourth-order valence-corrected chi connectivity index (χ4v) is 4.03. The molecule has 164 valence electrons.